The summed E-state index contributed by atoms with van der Waals surface area (Å²) in [6, 6.07) is 14.8. The number of rotatable bonds is 39. The number of aryl methyl sites for hydroxylation is 2. The molecule has 0 aliphatic carbocycles. The number of carbonyl (C=O) groups is 11. The van der Waals surface area contributed by atoms with E-state index in [2.05, 4.69) is 56.6 Å². The molecule has 0 bridgehead atoms. The topological polar surface area (TPSA) is 528 Å². The van der Waals surface area contributed by atoms with E-state index in [4.69, 9.17) is 27.7 Å². The number of ether oxygens (including phenoxy) is 1. The Labute approximate surface area is 594 Å². The summed E-state index contributed by atoms with van der Waals surface area (Å²) in [7, 11) is -8.44. The van der Waals surface area contributed by atoms with Gasteiger partial charge in [0.1, 0.15) is 47.9 Å². The summed E-state index contributed by atoms with van der Waals surface area (Å²) >= 11 is 1.28. The second-order valence-electron chi connectivity index (χ2n) is 24.6. The fourth-order valence-electron chi connectivity index (χ4n) is 9.98. The molecule has 18 N–H and O–H groups in total. The first kappa shape index (κ1) is 82.1. The lowest BCUT2D eigenvalue weighted by molar-refractivity contribution is -0.142. The number of fused-ring (bicyclic) bond motifs is 1. The fourth-order valence-corrected chi connectivity index (χ4v) is 12.4. The van der Waals surface area contributed by atoms with Crippen molar-refractivity contribution in [1.29, 1.82) is 0 Å². The number of aliphatic imine (C=N–C) groups is 2. The zero-order valence-electron chi connectivity index (χ0n) is 57.1. The van der Waals surface area contributed by atoms with Crippen LogP contribution in [0.15, 0.2) is 129 Å². The number of alkyl carbamates (subject to hydrolysis) is 1. The Morgan fingerprint density at radius 3 is 1.44 bits per heavy atom. The van der Waals surface area contributed by atoms with Gasteiger partial charge in [0.2, 0.25) is 65.6 Å². The lowest BCUT2D eigenvalue weighted by atomic mass is 10.0. The monoisotopic (exact) mass is 1470 g/mol. The molecule has 0 spiro atoms. The second kappa shape index (κ2) is 38.8. The molecular formula is C66H88N16O17S3. The highest BCUT2D eigenvalue weighted by Gasteiger charge is 2.36. The molecule has 102 heavy (non-hydrogen) atoms. The number of carbonyl (C=O) groups excluding carboxylic acids is 10. The third kappa shape index (κ3) is 27.1. The van der Waals surface area contributed by atoms with Crippen molar-refractivity contribution >= 4 is 120 Å². The summed E-state index contributed by atoms with van der Waals surface area (Å²) in [5.74, 6) is -11.1. The molecule has 33 nitrogen and oxygen atoms in total. The molecule has 5 rings (SSSR count). The summed E-state index contributed by atoms with van der Waals surface area (Å²) in [6.45, 7) is 7.68. The zero-order valence-corrected chi connectivity index (χ0v) is 59.5. The number of hydrogen-bond donors (Lipinski definition) is 14. The van der Waals surface area contributed by atoms with E-state index in [9.17, 15) is 74.7 Å². The molecule has 0 aliphatic rings. The molecule has 0 unspecified atom stereocenters. The van der Waals surface area contributed by atoms with Gasteiger partial charge in [-0.15, -0.1) is 0 Å². The number of carboxylic acid groups (broad SMARTS) is 1. The Bertz CT molecular complexity index is 4100. The lowest BCUT2D eigenvalue weighted by Crippen LogP contribution is -2.60. The minimum absolute atomic E-state index is 0.0618. The summed E-state index contributed by atoms with van der Waals surface area (Å²) in [4.78, 5) is 158. The SMILES string of the molecule is CSCC[C@H](NC(=O)[C@H](CCCN=C(N)NS(=O)(=O)c1ccc(C)cc1)NC(=O)[C@H](CCCN=C(N)NS(=O)(=O)c1ccc(C)cc1)NC(=O)[C@H](CC(N)=O)NC(=O)[C@H](CCC(N)=O)NC(=O)[C@H](Cc1ccccc1)NC(=O)[C@H](Cc1cn(C=O)c2ccccc12)NC(=O)OC(C)(C)C)C(=O)O. The highest BCUT2D eigenvalue weighted by atomic mass is 32.2. The number of hydrogen-bond acceptors (Lipinski definition) is 19. The van der Waals surface area contributed by atoms with Crippen molar-refractivity contribution in [2.24, 2.45) is 32.9 Å². The van der Waals surface area contributed by atoms with Crippen molar-refractivity contribution in [1.82, 2.24) is 51.2 Å². The van der Waals surface area contributed by atoms with Gasteiger partial charge in [0.05, 0.1) is 21.7 Å². The van der Waals surface area contributed by atoms with Crippen LogP contribution in [0.1, 0.15) is 94.4 Å². The van der Waals surface area contributed by atoms with Crippen LogP contribution in [0.2, 0.25) is 0 Å². The maximum Gasteiger partial charge on any atom is 0.408 e. The van der Waals surface area contributed by atoms with E-state index in [1.165, 1.54) is 46.8 Å². The van der Waals surface area contributed by atoms with Crippen molar-refractivity contribution in [3.63, 3.8) is 0 Å². The van der Waals surface area contributed by atoms with Crippen molar-refractivity contribution in [3.8, 4) is 0 Å². The minimum Gasteiger partial charge on any atom is -0.480 e. The van der Waals surface area contributed by atoms with Gasteiger partial charge < -0.3 is 70.0 Å². The van der Waals surface area contributed by atoms with Crippen molar-refractivity contribution < 1.29 is 79.4 Å². The molecule has 0 aliphatic heterocycles. The van der Waals surface area contributed by atoms with Crippen LogP contribution in [0.25, 0.3) is 10.9 Å². The van der Waals surface area contributed by atoms with Crippen LogP contribution in [0.5, 0.6) is 0 Å². The molecule has 4 aromatic carbocycles. The van der Waals surface area contributed by atoms with Gasteiger partial charge in [-0.1, -0.05) is 83.9 Å². The average molecular weight is 1470 g/mol. The van der Waals surface area contributed by atoms with E-state index in [1.54, 1.807) is 120 Å². The van der Waals surface area contributed by atoms with Gasteiger partial charge in [0.15, 0.2) is 0 Å². The number of para-hydroxylation sites is 1. The smallest absolute Gasteiger partial charge is 0.408 e. The molecule has 9 amide bonds. The molecule has 0 fully saturated rings. The first-order valence-corrected chi connectivity index (χ1v) is 36.4. The second-order valence-corrected chi connectivity index (χ2v) is 28.9. The first-order chi connectivity index (χ1) is 48.1. The summed E-state index contributed by atoms with van der Waals surface area (Å²) < 4.78 is 63.4. The Morgan fingerprint density at radius 1 is 0.549 bits per heavy atom. The molecule has 1 heterocycles. The van der Waals surface area contributed by atoms with Gasteiger partial charge >= 0.3 is 12.1 Å². The number of primary amides is 2. The van der Waals surface area contributed by atoms with Crippen LogP contribution in [-0.2, 0) is 85.6 Å². The number of nitrogens with two attached hydrogens (primary N) is 4. The maximum absolute atomic E-state index is 14.8. The summed E-state index contributed by atoms with van der Waals surface area (Å²) in [5, 5.41) is 28.0. The third-order valence-corrected chi connectivity index (χ3v) is 18.5. The van der Waals surface area contributed by atoms with Gasteiger partial charge in [0.25, 0.3) is 20.0 Å². The van der Waals surface area contributed by atoms with Crippen LogP contribution in [-0.4, -0.2) is 177 Å². The van der Waals surface area contributed by atoms with Gasteiger partial charge in [-0.25, -0.2) is 35.9 Å². The molecular weight excluding hydrogens is 1390 g/mol. The summed E-state index contributed by atoms with van der Waals surface area (Å²) in [5.41, 5.74) is 25.0. The molecule has 0 saturated carbocycles. The molecule has 36 heteroatoms. The van der Waals surface area contributed by atoms with Gasteiger partial charge in [-0.3, -0.25) is 57.7 Å². The van der Waals surface area contributed by atoms with E-state index < -0.39 is 165 Å². The quantitative estimate of drug-likeness (QED) is 0.0107. The Balaban J connectivity index is 1.47. The number of benzene rings is 4. The normalized spacial score (nSPS) is 14.0. The van der Waals surface area contributed by atoms with E-state index in [0.29, 0.717) is 28.4 Å². The number of amides is 9. The Hall–Kier alpha value is -10.6. The van der Waals surface area contributed by atoms with Crippen LogP contribution < -0.4 is 69.6 Å². The van der Waals surface area contributed by atoms with Crippen LogP contribution in [0.3, 0.4) is 0 Å². The van der Waals surface area contributed by atoms with Crippen molar-refractivity contribution in [2.75, 3.05) is 25.1 Å². The summed E-state index contributed by atoms with van der Waals surface area (Å²) in [6.07, 6.45) is -1.07. The number of aromatic nitrogens is 1. The highest BCUT2D eigenvalue weighted by Crippen LogP contribution is 2.23. The van der Waals surface area contributed by atoms with E-state index in [-0.39, 0.29) is 67.2 Å². The van der Waals surface area contributed by atoms with E-state index in [1.807, 2.05) is 0 Å². The van der Waals surface area contributed by atoms with Gasteiger partial charge in [-0.2, -0.15) is 11.8 Å². The number of thioether (sulfide) groups is 1. The van der Waals surface area contributed by atoms with Gasteiger partial charge in [0, 0.05) is 43.9 Å². The molecule has 5 aromatic rings. The number of nitrogens with one attached hydrogen (secondary N) is 9. The molecule has 7 atom stereocenters. The maximum atomic E-state index is 14.8. The number of aliphatic carboxylic acids is 1. The predicted molar refractivity (Wildman–Crippen MR) is 380 cm³/mol. The lowest BCUT2D eigenvalue weighted by Gasteiger charge is -2.28. The standard InChI is InChI=1S/C66H88N16O17S3/c1-39-20-24-43(25-21-39)101(95,96)80-63(69)71-31-12-17-46(56(86)73-47(57(87)76-49(62(92)93)30-33-100-6)18-13-32-72-64(70)81-102(97,98)44-26-22-40(2)23-27-44)74-61(91)52(36-55(68)85)78-58(88)48(28-29-54(67)84)75-59(89)50(34-41-14-8-7-9-15-41)77-60(90)51(79-65(94)99-66(3,4)5)35-42-37-82(38-83)53-19-11-10-16-45(42)53/h7-11,14-16,19-27,37-38,46-52H,12-13,17-18,28-36H2,1-6H3,(H2,67,84)(H2,68,85)(H,73,86)(H,74,91)(H,75,89)(H,76,87)(H,77,90)(H,78,88)(H,79,94)(H,92,93)(H3,69,71,80)(H3,70,72,81)/t46-,47-,48-,49-,50-,51-,52-/m0/s1. The minimum atomic E-state index is -4.24. The zero-order chi connectivity index (χ0) is 75.5. The fraction of sp³-hybridized carbons (Fsp3) is 0.409. The van der Waals surface area contributed by atoms with Crippen LogP contribution in [0, 0.1) is 13.8 Å². The predicted octanol–water partition coefficient (Wildman–Crippen LogP) is 0.00914. The van der Waals surface area contributed by atoms with Crippen molar-refractivity contribution in [3.05, 3.63) is 132 Å². The number of guanidine groups is 2. The number of sulfonamides is 2. The third-order valence-electron chi connectivity index (χ3n) is 15.1. The largest absolute Gasteiger partial charge is 0.480 e. The number of carboxylic acids is 1. The Kier molecular flexibility index (Phi) is 31.2. The molecule has 1 aromatic heterocycles. The van der Waals surface area contributed by atoms with E-state index >= 15 is 0 Å². The van der Waals surface area contributed by atoms with Gasteiger partial charge in [-0.05, 0) is 127 Å². The highest BCUT2D eigenvalue weighted by molar-refractivity contribution is 7.98. The molecule has 0 radical (unpaired) electrons. The van der Waals surface area contributed by atoms with E-state index in [0.717, 1.165) is 11.1 Å². The number of nitrogens with zero attached hydrogens (tertiary/aromatic N) is 3. The average Bonchev–Trinajstić information content (AvgIpc) is 1.64. The molecule has 0 saturated heterocycles. The molecule has 552 valence electrons. The van der Waals surface area contributed by atoms with Crippen molar-refractivity contribution in [2.45, 2.75) is 157 Å². The Morgan fingerprint density at radius 2 is 0.980 bits per heavy atom. The van der Waals surface area contributed by atoms with Crippen LogP contribution in [0.4, 0.5) is 4.79 Å². The first-order valence-electron chi connectivity index (χ1n) is 32.0. The van der Waals surface area contributed by atoms with Crippen LogP contribution >= 0.6 is 11.8 Å².